The van der Waals surface area contributed by atoms with Crippen LogP contribution < -0.4 is 4.74 Å². The molecule has 0 spiro atoms. The maximum atomic E-state index is 13.0. The number of nitrogens with zero attached hydrogens (tertiary/aromatic N) is 2. The van der Waals surface area contributed by atoms with Gasteiger partial charge in [-0.15, -0.1) is 0 Å². The minimum atomic E-state index is -0.343. The molecule has 0 unspecified atom stereocenters. The van der Waals surface area contributed by atoms with Gasteiger partial charge in [-0.1, -0.05) is 5.16 Å². The van der Waals surface area contributed by atoms with E-state index in [-0.39, 0.29) is 24.8 Å². The molecule has 1 aromatic carbocycles. The van der Waals surface area contributed by atoms with E-state index < -0.39 is 0 Å². The number of aliphatic hydroxyl groups excluding tert-OH is 1. The van der Waals surface area contributed by atoms with Gasteiger partial charge in [-0.25, -0.2) is 4.39 Å². The lowest BCUT2D eigenvalue weighted by atomic mass is 10.1. The van der Waals surface area contributed by atoms with Crippen LogP contribution in [0.1, 0.15) is 11.3 Å². The molecule has 2 aromatic heterocycles. The first-order valence-corrected chi connectivity index (χ1v) is 6.15. The third kappa shape index (κ3) is 2.77. The van der Waals surface area contributed by atoms with Crippen LogP contribution in [0.5, 0.6) is 5.88 Å². The van der Waals surface area contributed by atoms with Crippen LogP contribution in [0.15, 0.2) is 45.6 Å². The molecule has 0 radical (unpaired) electrons. The Morgan fingerprint density at radius 1 is 1.14 bits per heavy atom. The van der Waals surface area contributed by atoms with Gasteiger partial charge in [0.25, 0.3) is 5.88 Å². The summed E-state index contributed by atoms with van der Waals surface area (Å²) in [7, 11) is 0. The van der Waals surface area contributed by atoms with E-state index in [9.17, 15) is 9.50 Å². The maximum absolute atomic E-state index is 13.0. The smallest absolute Gasteiger partial charge is 0.254 e. The van der Waals surface area contributed by atoms with E-state index in [4.69, 9.17) is 9.26 Å². The highest BCUT2D eigenvalue weighted by atomic mass is 19.1. The van der Waals surface area contributed by atoms with Crippen molar-refractivity contribution in [1.29, 1.82) is 0 Å². The highest BCUT2D eigenvalue weighted by molar-refractivity contribution is 5.63. The fourth-order valence-corrected chi connectivity index (χ4v) is 1.87. The Bertz CT molecular complexity index is 707. The van der Waals surface area contributed by atoms with Gasteiger partial charge in [-0.2, -0.15) is 0 Å². The standard InChI is InChI=1S/C14H11FN2O4/c15-10-3-1-9(2-4-10)14-11(12(7-18)21-17-14)8-19-13-5-6-20-16-13/h1-6,18H,7-8H2. The van der Waals surface area contributed by atoms with Crippen LogP contribution in [0.3, 0.4) is 0 Å². The summed E-state index contributed by atoms with van der Waals surface area (Å²) in [5.74, 6) is 0.257. The number of halogens is 1. The molecule has 1 N–H and O–H groups in total. The third-order valence-electron chi connectivity index (χ3n) is 2.91. The van der Waals surface area contributed by atoms with E-state index >= 15 is 0 Å². The molecule has 0 aliphatic heterocycles. The monoisotopic (exact) mass is 290 g/mol. The van der Waals surface area contributed by atoms with Crippen LogP contribution in [0.4, 0.5) is 4.39 Å². The molecule has 0 amide bonds. The third-order valence-corrected chi connectivity index (χ3v) is 2.91. The van der Waals surface area contributed by atoms with Crippen LogP contribution in [0.2, 0.25) is 0 Å². The topological polar surface area (TPSA) is 81.5 Å². The van der Waals surface area contributed by atoms with E-state index in [1.807, 2.05) is 0 Å². The van der Waals surface area contributed by atoms with Crippen molar-refractivity contribution >= 4 is 0 Å². The average molecular weight is 290 g/mol. The number of hydrogen-bond acceptors (Lipinski definition) is 6. The Balaban J connectivity index is 1.90. The van der Waals surface area contributed by atoms with Gasteiger partial charge in [0.05, 0.1) is 5.56 Å². The summed E-state index contributed by atoms with van der Waals surface area (Å²) in [4.78, 5) is 0. The fourth-order valence-electron chi connectivity index (χ4n) is 1.87. The fraction of sp³-hybridized carbons (Fsp3) is 0.143. The molecule has 108 valence electrons. The molecule has 7 heteroatoms. The van der Waals surface area contributed by atoms with Gasteiger partial charge in [0.2, 0.25) is 0 Å². The van der Waals surface area contributed by atoms with Crippen molar-refractivity contribution in [3.63, 3.8) is 0 Å². The molecule has 2 heterocycles. The molecule has 3 aromatic rings. The number of aliphatic hydroxyl groups is 1. The Morgan fingerprint density at radius 2 is 1.95 bits per heavy atom. The van der Waals surface area contributed by atoms with Crippen molar-refractivity contribution in [3.8, 4) is 17.1 Å². The molecule has 0 atom stereocenters. The predicted octanol–water partition coefficient (Wildman–Crippen LogP) is 2.54. The second-order valence-electron chi connectivity index (χ2n) is 4.22. The van der Waals surface area contributed by atoms with E-state index in [0.717, 1.165) is 0 Å². The van der Waals surface area contributed by atoms with Gasteiger partial charge >= 0.3 is 0 Å². The molecule has 0 aliphatic rings. The minimum absolute atomic E-state index is 0.0959. The van der Waals surface area contributed by atoms with Crippen molar-refractivity contribution in [1.82, 2.24) is 10.3 Å². The van der Waals surface area contributed by atoms with Gasteiger partial charge in [0, 0.05) is 11.6 Å². The number of benzene rings is 1. The first-order chi connectivity index (χ1) is 10.3. The van der Waals surface area contributed by atoms with Crippen LogP contribution in [-0.4, -0.2) is 15.4 Å². The summed E-state index contributed by atoms with van der Waals surface area (Å²) in [6, 6.07) is 7.36. The van der Waals surface area contributed by atoms with Crippen molar-refractivity contribution in [2.75, 3.05) is 0 Å². The molecular formula is C14H11FN2O4. The summed E-state index contributed by atoms with van der Waals surface area (Å²) in [5, 5.41) is 16.8. The summed E-state index contributed by atoms with van der Waals surface area (Å²) in [6.07, 6.45) is 1.39. The largest absolute Gasteiger partial charge is 0.470 e. The average Bonchev–Trinajstić information content (AvgIpc) is 3.15. The van der Waals surface area contributed by atoms with E-state index in [1.54, 1.807) is 18.2 Å². The van der Waals surface area contributed by atoms with Gasteiger partial charge in [0.15, 0.2) is 5.76 Å². The zero-order chi connectivity index (χ0) is 14.7. The number of ether oxygens (including phenoxy) is 1. The SMILES string of the molecule is OCc1onc(-c2ccc(F)cc2)c1COc1ccon1. The maximum Gasteiger partial charge on any atom is 0.254 e. The highest BCUT2D eigenvalue weighted by Crippen LogP contribution is 2.27. The van der Waals surface area contributed by atoms with Crippen molar-refractivity contribution in [2.45, 2.75) is 13.2 Å². The van der Waals surface area contributed by atoms with Crippen LogP contribution in [-0.2, 0) is 13.2 Å². The van der Waals surface area contributed by atoms with Gasteiger partial charge < -0.3 is 18.9 Å². The first-order valence-electron chi connectivity index (χ1n) is 6.15. The quantitative estimate of drug-likeness (QED) is 0.777. The summed E-state index contributed by atoms with van der Waals surface area (Å²) < 4.78 is 28.2. The van der Waals surface area contributed by atoms with Crippen LogP contribution in [0, 0.1) is 5.82 Å². The lowest BCUT2D eigenvalue weighted by Gasteiger charge is -2.04. The Kier molecular flexibility index (Phi) is 3.65. The molecular weight excluding hydrogens is 279 g/mol. The normalized spacial score (nSPS) is 10.8. The highest BCUT2D eigenvalue weighted by Gasteiger charge is 2.18. The van der Waals surface area contributed by atoms with E-state index in [2.05, 4.69) is 14.8 Å². The molecule has 6 nitrogen and oxygen atoms in total. The summed E-state index contributed by atoms with van der Waals surface area (Å²) in [6.45, 7) is -0.218. The molecule has 0 saturated heterocycles. The van der Waals surface area contributed by atoms with E-state index in [1.165, 1.54) is 18.4 Å². The van der Waals surface area contributed by atoms with Crippen molar-refractivity contribution in [2.24, 2.45) is 0 Å². The molecule has 0 bridgehead atoms. The zero-order valence-corrected chi connectivity index (χ0v) is 10.8. The lowest BCUT2D eigenvalue weighted by Crippen LogP contribution is -2.00. The molecule has 0 aliphatic carbocycles. The van der Waals surface area contributed by atoms with Gasteiger partial charge in [0.1, 0.15) is 31.0 Å². The van der Waals surface area contributed by atoms with Gasteiger partial charge in [-0.05, 0) is 29.4 Å². The summed E-state index contributed by atoms with van der Waals surface area (Å²) in [5.41, 5.74) is 1.73. The minimum Gasteiger partial charge on any atom is -0.470 e. The predicted molar refractivity (Wildman–Crippen MR) is 68.7 cm³/mol. The van der Waals surface area contributed by atoms with Gasteiger partial charge in [-0.3, -0.25) is 0 Å². The van der Waals surface area contributed by atoms with Crippen LogP contribution in [0.25, 0.3) is 11.3 Å². The second kappa shape index (κ2) is 5.76. The first kappa shape index (κ1) is 13.3. The van der Waals surface area contributed by atoms with E-state index in [0.29, 0.717) is 22.7 Å². The Hall–Kier alpha value is -2.67. The number of hydrogen-bond donors (Lipinski definition) is 1. The molecule has 0 fully saturated rings. The molecule has 3 rings (SSSR count). The Labute approximate surface area is 118 Å². The van der Waals surface area contributed by atoms with Crippen molar-refractivity contribution in [3.05, 3.63) is 53.7 Å². The molecule has 21 heavy (non-hydrogen) atoms. The zero-order valence-electron chi connectivity index (χ0n) is 10.8. The Morgan fingerprint density at radius 3 is 2.62 bits per heavy atom. The summed E-state index contributed by atoms with van der Waals surface area (Å²) >= 11 is 0. The molecule has 0 saturated carbocycles. The lowest BCUT2D eigenvalue weighted by molar-refractivity contribution is 0.219. The number of aromatic nitrogens is 2. The second-order valence-corrected chi connectivity index (χ2v) is 4.22. The van der Waals surface area contributed by atoms with Crippen molar-refractivity contribution < 1.29 is 23.3 Å². The van der Waals surface area contributed by atoms with Crippen LogP contribution >= 0.6 is 0 Å². The number of rotatable bonds is 5.